The van der Waals surface area contributed by atoms with Crippen LogP contribution in [0.4, 0.5) is 0 Å². The van der Waals surface area contributed by atoms with Crippen molar-refractivity contribution in [3.05, 3.63) is 0 Å². The molecule has 7 unspecified atom stereocenters. The Hall–Kier alpha value is 0. The van der Waals surface area contributed by atoms with Gasteiger partial charge in [-0.3, -0.25) is 0 Å². The Morgan fingerprint density at radius 3 is 2.00 bits per heavy atom. The fourth-order valence-electron chi connectivity index (χ4n) is 6.66. The molecule has 0 bridgehead atoms. The average Bonchev–Trinajstić information content (AvgIpc) is 2.86. The molecule has 0 spiro atoms. The van der Waals surface area contributed by atoms with Gasteiger partial charge < -0.3 is 0 Å². The summed E-state index contributed by atoms with van der Waals surface area (Å²) in [5.41, 5.74) is 0. The molecule has 0 amide bonds. The lowest BCUT2D eigenvalue weighted by atomic mass is 9.53. The maximum absolute atomic E-state index is 2.51. The van der Waals surface area contributed by atoms with E-state index >= 15 is 0 Å². The van der Waals surface area contributed by atoms with Crippen LogP contribution in [0.5, 0.6) is 0 Å². The molecule has 0 aromatic carbocycles. The van der Waals surface area contributed by atoms with Gasteiger partial charge in [0.1, 0.15) is 0 Å². The van der Waals surface area contributed by atoms with E-state index in [4.69, 9.17) is 0 Å². The van der Waals surface area contributed by atoms with E-state index in [1.807, 2.05) is 0 Å². The van der Waals surface area contributed by atoms with E-state index in [0.717, 1.165) is 35.5 Å². The van der Waals surface area contributed by atoms with E-state index in [1.54, 1.807) is 57.8 Å². The second-order valence-electron chi connectivity index (χ2n) is 8.18. The van der Waals surface area contributed by atoms with Gasteiger partial charge in [0.05, 0.1) is 0 Å². The highest BCUT2D eigenvalue weighted by Gasteiger charge is 2.48. The van der Waals surface area contributed by atoms with Gasteiger partial charge in [-0.1, -0.05) is 33.6 Å². The highest BCUT2D eigenvalue weighted by atomic mass is 14.5. The number of rotatable bonds is 0. The van der Waals surface area contributed by atoms with E-state index < -0.39 is 0 Å². The first-order chi connectivity index (χ1) is 8.83. The van der Waals surface area contributed by atoms with Gasteiger partial charge in [0.25, 0.3) is 0 Å². The van der Waals surface area contributed by atoms with Gasteiger partial charge in [-0.2, -0.15) is 0 Å². The number of fused-ring (bicyclic) bond motifs is 5. The van der Waals surface area contributed by atoms with Crippen LogP contribution >= 0.6 is 0 Å². The first-order valence-electron chi connectivity index (χ1n) is 8.83. The second-order valence-corrected chi connectivity index (χ2v) is 8.18. The van der Waals surface area contributed by atoms with E-state index in [0.29, 0.717) is 0 Å². The third-order valence-corrected chi connectivity index (χ3v) is 7.42. The second kappa shape index (κ2) is 5.41. The number of hydrogen-bond acceptors (Lipinski definition) is 0. The van der Waals surface area contributed by atoms with Crippen LogP contribution in [-0.2, 0) is 0 Å². The summed E-state index contributed by atoms with van der Waals surface area (Å²) < 4.78 is 0. The largest absolute Gasteiger partial charge is 0.0776 e. The van der Waals surface area contributed by atoms with Crippen molar-refractivity contribution < 1.29 is 0 Å². The molecule has 0 aromatic rings. The standard InChI is InChI=1S/C18H30.CH4/c1-12-5-6-14-8-9-16-15-4-2-3-13(15)7-10-17(16)18(14)11-12;/h12-18H,2-11H2,1H3;1H4. The van der Waals surface area contributed by atoms with Crippen LogP contribution in [-0.4, -0.2) is 0 Å². The summed E-state index contributed by atoms with van der Waals surface area (Å²) >= 11 is 0. The van der Waals surface area contributed by atoms with Crippen molar-refractivity contribution in [3.8, 4) is 0 Å². The summed E-state index contributed by atoms with van der Waals surface area (Å²) in [6.45, 7) is 2.51. The SMILES string of the molecule is C.CC1CCC2CCC3C4CCCC4CCC3C2C1. The van der Waals surface area contributed by atoms with Gasteiger partial charge >= 0.3 is 0 Å². The molecule has 0 heterocycles. The van der Waals surface area contributed by atoms with Crippen molar-refractivity contribution in [2.75, 3.05) is 0 Å². The van der Waals surface area contributed by atoms with Gasteiger partial charge in [0.15, 0.2) is 0 Å². The van der Waals surface area contributed by atoms with Crippen molar-refractivity contribution in [2.45, 2.75) is 78.6 Å². The van der Waals surface area contributed by atoms with E-state index in [-0.39, 0.29) is 7.43 Å². The van der Waals surface area contributed by atoms with Crippen LogP contribution in [0.3, 0.4) is 0 Å². The molecule has 0 aromatic heterocycles. The van der Waals surface area contributed by atoms with Gasteiger partial charge in [0.2, 0.25) is 0 Å². The van der Waals surface area contributed by atoms with Gasteiger partial charge in [-0.25, -0.2) is 0 Å². The van der Waals surface area contributed by atoms with Crippen molar-refractivity contribution in [2.24, 2.45) is 41.4 Å². The Morgan fingerprint density at radius 1 is 0.579 bits per heavy atom. The maximum Gasteiger partial charge on any atom is -0.0352 e. The van der Waals surface area contributed by atoms with Crippen LogP contribution in [0.25, 0.3) is 0 Å². The predicted molar refractivity (Wildman–Crippen MR) is 83.0 cm³/mol. The van der Waals surface area contributed by atoms with Crippen molar-refractivity contribution in [1.82, 2.24) is 0 Å². The summed E-state index contributed by atoms with van der Waals surface area (Å²) in [5, 5.41) is 0. The molecule has 4 fully saturated rings. The summed E-state index contributed by atoms with van der Waals surface area (Å²) in [6.07, 6.45) is 15.9. The zero-order valence-corrected chi connectivity index (χ0v) is 12.1. The fourth-order valence-corrected chi connectivity index (χ4v) is 6.66. The molecule has 4 aliphatic carbocycles. The van der Waals surface area contributed by atoms with Crippen LogP contribution in [0.1, 0.15) is 78.6 Å². The molecule has 0 radical (unpaired) electrons. The number of hydrogen-bond donors (Lipinski definition) is 0. The summed E-state index contributed by atoms with van der Waals surface area (Å²) in [7, 11) is 0. The highest BCUT2D eigenvalue weighted by molar-refractivity contribution is 4.98. The molecule has 7 atom stereocenters. The Labute approximate surface area is 120 Å². The van der Waals surface area contributed by atoms with Gasteiger partial charge in [-0.05, 0) is 86.4 Å². The lowest BCUT2D eigenvalue weighted by Gasteiger charge is -2.52. The molecule has 0 N–H and O–H groups in total. The Balaban J connectivity index is 0.00000110. The minimum atomic E-state index is 0. The normalized spacial score (nSPS) is 52.6. The van der Waals surface area contributed by atoms with Gasteiger partial charge in [-0.15, -0.1) is 0 Å². The van der Waals surface area contributed by atoms with Crippen LogP contribution in [0, 0.1) is 41.4 Å². The van der Waals surface area contributed by atoms with Crippen LogP contribution < -0.4 is 0 Å². The van der Waals surface area contributed by atoms with E-state index in [1.165, 1.54) is 12.3 Å². The smallest absolute Gasteiger partial charge is 0.0352 e. The highest BCUT2D eigenvalue weighted by Crippen LogP contribution is 2.58. The third-order valence-electron chi connectivity index (χ3n) is 7.42. The molecule has 0 heteroatoms. The predicted octanol–water partition coefficient (Wildman–Crippen LogP) is 5.91. The molecule has 0 aliphatic heterocycles. The molecular weight excluding hydrogens is 228 g/mol. The molecule has 0 nitrogen and oxygen atoms in total. The van der Waals surface area contributed by atoms with Gasteiger partial charge in [0, 0.05) is 0 Å². The first kappa shape index (κ1) is 14.0. The zero-order valence-electron chi connectivity index (χ0n) is 12.1. The summed E-state index contributed by atoms with van der Waals surface area (Å²) in [6, 6.07) is 0. The molecule has 19 heavy (non-hydrogen) atoms. The lowest BCUT2D eigenvalue weighted by Crippen LogP contribution is -2.44. The molecule has 4 saturated carbocycles. The third kappa shape index (κ3) is 2.28. The lowest BCUT2D eigenvalue weighted by molar-refractivity contribution is -0.0281. The van der Waals surface area contributed by atoms with Crippen LogP contribution in [0.15, 0.2) is 0 Å². The molecule has 110 valence electrons. The first-order valence-corrected chi connectivity index (χ1v) is 8.83. The van der Waals surface area contributed by atoms with Crippen molar-refractivity contribution >= 4 is 0 Å². The van der Waals surface area contributed by atoms with E-state index in [2.05, 4.69) is 6.92 Å². The van der Waals surface area contributed by atoms with Crippen LogP contribution in [0.2, 0.25) is 0 Å². The Kier molecular flexibility index (Phi) is 3.98. The minimum Gasteiger partial charge on any atom is -0.0776 e. The molecule has 4 rings (SSSR count). The Bertz CT molecular complexity index is 305. The maximum atomic E-state index is 2.51. The monoisotopic (exact) mass is 262 g/mol. The average molecular weight is 262 g/mol. The Morgan fingerprint density at radius 2 is 1.21 bits per heavy atom. The summed E-state index contributed by atoms with van der Waals surface area (Å²) in [5.74, 6) is 7.97. The van der Waals surface area contributed by atoms with Crippen molar-refractivity contribution in [1.29, 1.82) is 0 Å². The zero-order chi connectivity index (χ0) is 12.1. The summed E-state index contributed by atoms with van der Waals surface area (Å²) in [4.78, 5) is 0. The molecule has 0 saturated heterocycles. The van der Waals surface area contributed by atoms with Crippen molar-refractivity contribution in [3.63, 3.8) is 0 Å². The quantitative estimate of drug-likeness (QED) is 0.509. The topological polar surface area (TPSA) is 0 Å². The fraction of sp³-hybridized carbons (Fsp3) is 1.00. The molecule has 4 aliphatic rings. The van der Waals surface area contributed by atoms with E-state index in [9.17, 15) is 0 Å². The molecular formula is C19H34. The minimum absolute atomic E-state index is 0.